The summed E-state index contributed by atoms with van der Waals surface area (Å²) in [4.78, 5) is 25.5. The minimum atomic E-state index is -0.793. The number of rotatable bonds is 3. The zero-order valence-electron chi connectivity index (χ0n) is 11.4. The van der Waals surface area contributed by atoms with Gasteiger partial charge >= 0.3 is 5.97 Å². The number of carbonyl (C=O) groups excluding carboxylic acids is 1. The normalized spacial score (nSPS) is 25.2. The van der Waals surface area contributed by atoms with Gasteiger partial charge in [-0.15, -0.1) is 11.3 Å². The van der Waals surface area contributed by atoms with Crippen LogP contribution >= 0.6 is 11.3 Å². The van der Waals surface area contributed by atoms with E-state index in [1.807, 2.05) is 6.07 Å². The Balaban J connectivity index is 1.70. The Labute approximate surface area is 122 Å². The Morgan fingerprint density at radius 1 is 1.20 bits per heavy atom. The van der Waals surface area contributed by atoms with Gasteiger partial charge in [0.25, 0.3) is 5.91 Å². The maximum Gasteiger partial charge on any atom is 0.308 e. The average molecular weight is 293 g/mol. The molecule has 2 unspecified atom stereocenters. The van der Waals surface area contributed by atoms with Crippen LogP contribution in [0.25, 0.3) is 0 Å². The summed E-state index contributed by atoms with van der Waals surface area (Å²) in [5.74, 6) is -1.31. The summed E-state index contributed by atoms with van der Waals surface area (Å²) < 4.78 is 0. The molecule has 2 atom stereocenters. The molecular formula is C15H19NO3S. The van der Waals surface area contributed by atoms with Crippen LogP contribution in [0.1, 0.15) is 52.2 Å². The molecule has 1 amide bonds. The van der Waals surface area contributed by atoms with E-state index in [1.54, 1.807) is 11.3 Å². The predicted molar refractivity (Wildman–Crippen MR) is 77.2 cm³/mol. The van der Waals surface area contributed by atoms with Crippen molar-refractivity contribution in [3.63, 3.8) is 0 Å². The van der Waals surface area contributed by atoms with Crippen LogP contribution in [0.2, 0.25) is 0 Å². The van der Waals surface area contributed by atoms with Gasteiger partial charge in [0.2, 0.25) is 0 Å². The predicted octanol–water partition coefficient (Wildman–Crippen LogP) is 2.61. The number of hydrogen-bond acceptors (Lipinski definition) is 3. The summed E-state index contributed by atoms with van der Waals surface area (Å²) in [6.45, 7) is 0. The first-order chi connectivity index (χ1) is 9.65. The lowest BCUT2D eigenvalue weighted by atomic mass is 9.99. The van der Waals surface area contributed by atoms with E-state index in [9.17, 15) is 9.59 Å². The summed E-state index contributed by atoms with van der Waals surface area (Å²) >= 11 is 1.58. The molecule has 5 heteroatoms. The first-order valence-corrected chi connectivity index (χ1v) is 8.12. The maximum atomic E-state index is 12.3. The van der Waals surface area contributed by atoms with Gasteiger partial charge in [0, 0.05) is 10.9 Å². The maximum absolute atomic E-state index is 12.3. The van der Waals surface area contributed by atoms with E-state index in [0.717, 1.165) is 30.6 Å². The Bertz CT molecular complexity index is 514. The van der Waals surface area contributed by atoms with Crippen LogP contribution in [0.3, 0.4) is 0 Å². The highest BCUT2D eigenvalue weighted by atomic mass is 32.1. The van der Waals surface area contributed by atoms with Crippen LogP contribution < -0.4 is 5.32 Å². The van der Waals surface area contributed by atoms with Crippen molar-refractivity contribution in [2.75, 3.05) is 0 Å². The Kier molecular flexibility index (Phi) is 3.78. The van der Waals surface area contributed by atoms with E-state index >= 15 is 0 Å². The van der Waals surface area contributed by atoms with Crippen LogP contribution in [0, 0.1) is 5.92 Å². The minimum absolute atomic E-state index is 0.0949. The van der Waals surface area contributed by atoms with Gasteiger partial charge in [-0.1, -0.05) is 6.42 Å². The molecule has 20 heavy (non-hydrogen) atoms. The quantitative estimate of drug-likeness (QED) is 0.900. The van der Waals surface area contributed by atoms with Gasteiger partial charge in [-0.05, 0) is 50.2 Å². The Morgan fingerprint density at radius 3 is 2.75 bits per heavy atom. The second-order valence-electron chi connectivity index (χ2n) is 5.72. The van der Waals surface area contributed by atoms with Crippen molar-refractivity contribution in [2.45, 2.75) is 51.0 Å². The molecule has 0 radical (unpaired) electrons. The minimum Gasteiger partial charge on any atom is -0.481 e. The Morgan fingerprint density at radius 2 is 2.00 bits per heavy atom. The molecule has 2 N–H and O–H groups in total. The molecule has 1 aromatic heterocycles. The number of carbonyl (C=O) groups is 2. The molecule has 108 valence electrons. The largest absolute Gasteiger partial charge is 0.481 e. The number of carboxylic acids is 1. The summed E-state index contributed by atoms with van der Waals surface area (Å²) in [6.07, 6.45) is 6.87. The lowest BCUT2D eigenvalue weighted by Gasteiger charge is -2.16. The summed E-state index contributed by atoms with van der Waals surface area (Å²) in [5, 5.41) is 12.1. The van der Waals surface area contributed by atoms with Crippen LogP contribution in [0.5, 0.6) is 0 Å². The van der Waals surface area contributed by atoms with Gasteiger partial charge in [-0.25, -0.2) is 0 Å². The van der Waals surface area contributed by atoms with Gasteiger partial charge in [0.1, 0.15) is 0 Å². The fraction of sp³-hybridized carbons (Fsp3) is 0.600. The highest BCUT2D eigenvalue weighted by Crippen LogP contribution is 2.31. The Hall–Kier alpha value is -1.36. The topological polar surface area (TPSA) is 66.4 Å². The highest BCUT2D eigenvalue weighted by Gasteiger charge is 2.34. The number of fused-ring (bicyclic) bond motifs is 1. The third kappa shape index (κ3) is 2.59. The molecule has 0 aliphatic heterocycles. The van der Waals surface area contributed by atoms with Crippen LogP contribution in [-0.4, -0.2) is 23.0 Å². The van der Waals surface area contributed by atoms with E-state index in [2.05, 4.69) is 5.32 Å². The first kappa shape index (κ1) is 13.6. The zero-order chi connectivity index (χ0) is 14.1. The van der Waals surface area contributed by atoms with Crippen LogP contribution in [0.4, 0.5) is 0 Å². The second kappa shape index (κ2) is 5.56. The van der Waals surface area contributed by atoms with Crippen molar-refractivity contribution in [1.29, 1.82) is 0 Å². The van der Waals surface area contributed by atoms with Crippen molar-refractivity contribution in [1.82, 2.24) is 5.32 Å². The number of carboxylic acid groups (broad SMARTS) is 1. The monoisotopic (exact) mass is 293 g/mol. The summed E-state index contributed by atoms with van der Waals surface area (Å²) in [7, 11) is 0. The third-order valence-electron chi connectivity index (χ3n) is 4.37. The highest BCUT2D eigenvalue weighted by molar-refractivity contribution is 7.14. The number of nitrogens with one attached hydrogen (secondary N) is 1. The molecule has 1 fully saturated rings. The van der Waals surface area contributed by atoms with E-state index in [0.29, 0.717) is 6.42 Å². The average Bonchev–Trinajstić information content (AvgIpc) is 3.03. The van der Waals surface area contributed by atoms with Crippen LogP contribution in [-0.2, 0) is 17.6 Å². The lowest BCUT2D eigenvalue weighted by Crippen LogP contribution is -2.39. The molecule has 4 nitrogen and oxygen atoms in total. The van der Waals surface area contributed by atoms with Gasteiger partial charge in [0.05, 0.1) is 10.8 Å². The number of aliphatic carboxylic acids is 1. The van der Waals surface area contributed by atoms with Crippen molar-refractivity contribution < 1.29 is 14.7 Å². The smallest absolute Gasteiger partial charge is 0.308 e. The molecule has 0 bridgehead atoms. The van der Waals surface area contributed by atoms with Gasteiger partial charge in [-0.3, -0.25) is 9.59 Å². The van der Waals surface area contributed by atoms with E-state index in [-0.39, 0.29) is 11.9 Å². The molecule has 0 spiro atoms. The molecule has 3 rings (SSSR count). The molecule has 2 aliphatic rings. The molecule has 1 saturated carbocycles. The lowest BCUT2D eigenvalue weighted by molar-refractivity contribution is -0.142. The first-order valence-electron chi connectivity index (χ1n) is 7.30. The number of thiophene rings is 1. The molecule has 2 aliphatic carbocycles. The number of hydrogen-bond donors (Lipinski definition) is 2. The van der Waals surface area contributed by atoms with Gasteiger partial charge in [0.15, 0.2) is 0 Å². The van der Waals surface area contributed by atoms with Crippen molar-refractivity contribution in [3.8, 4) is 0 Å². The van der Waals surface area contributed by atoms with Crippen molar-refractivity contribution >= 4 is 23.2 Å². The van der Waals surface area contributed by atoms with Gasteiger partial charge in [-0.2, -0.15) is 0 Å². The second-order valence-corrected chi connectivity index (χ2v) is 6.86. The van der Waals surface area contributed by atoms with Gasteiger partial charge < -0.3 is 10.4 Å². The standard InChI is InChI=1S/C15H19NO3S/c17-14(16-11-6-3-5-10(11)15(18)19)13-8-9-4-1-2-7-12(9)20-13/h8,10-11H,1-7H2,(H,16,17)(H,18,19). The number of amides is 1. The number of aryl methyl sites for hydroxylation is 2. The fourth-order valence-corrected chi connectivity index (χ4v) is 4.43. The molecule has 0 aromatic carbocycles. The summed E-state index contributed by atoms with van der Waals surface area (Å²) in [5.41, 5.74) is 1.31. The fourth-order valence-electron chi connectivity index (χ4n) is 3.27. The van der Waals surface area contributed by atoms with Crippen LogP contribution in [0.15, 0.2) is 6.07 Å². The van der Waals surface area contributed by atoms with E-state index in [1.165, 1.54) is 23.3 Å². The van der Waals surface area contributed by atoms with Crippen molar-refractivity contribution in [3.05, 3.63) is 21.4 Å². The SMILES string of the molecule is O=C(NC1CCCC1C(=O)O)c1cc2c(s1)CCCC2. The third-order valence-corrected chi connectivity index (χ3v) is 5.61. The molecule has 1 heterocycles. The van der Waals surface area contributed by atoms with E-state index in [4.69, 9.17) is 5.11 Å². The summed E-state index contributed by atoms with van der Waals surface area (Å²) in [6, 6.07) is 1.79. The molecule has 1 aromatic rings. The molecular weight excluding hydrogens is 274 g/mol. The zero-order valence-corrected chi connectivity index (χ0v) is 12.2. The van der Waals surface area contributed by atoms with E-state index < -0.39 is 11.9 Å². The molecule has 0 saturated heterocycles. The van der Waals surface area contributed by atoms with Crippen molar-refractivity contribution in [2.24, 2.45) is 5.92 Å².